The number of aliphatic hydroxyl groups is 1. The zero-order chi connectivity index (χ0) is 88.2. The van der Waals surface area contributed by atoms with Gasteiger partial charge in [0.05, 0.1) is 68.3 Å². The minimum Gasteiger partial charge on any atom is -0.481 e. The van der Waals surface area contributed by atoms with Crippen molar-refractivity contribution < 1.29 is 126 Å². The molecule has 44 heteroatoms. The van der Waals surface area contributed by atoms with E-state index in [0.717, 1.165) is 0 Å². The maximum Gasteiger partial charge on any atom is 0.320 e. The van der Waals surface area contributed by atoms with E-state index in [0.29, 0.717) is 80.6 Å². The van der Waals surface area contributed by atoms with Crippen LogP contribution in [-0.2, 0) is 107 Å². The average Bonchev–Trinajstić information content (AvgIpc) is 1.64. The Labute approximate surface area is 702 Å². The van der Waals surface area contributed by atoms with Crippen LogP contribution in [0.2, 0.25) is 0 Å². The van der Waals surface area contributed by atoms with Crippen molar-refractivity contribution in [3.05, 3.63) is 45.7 Å². The van der Waals surface area contributed by atoms with Crippen molar-refractivity contribution in [3.63, 3.8) is 0 Å². The topological polar surface area (TPSA) is 613 Å². The predicted octanol–water partition coefficient (Wildman–Crippen LogP) is -4.56. The molecule has 18 N–H and O–H groups in total. The van der Waals surface area contributed by atoms with Crippen LogP contribution in [0.4, 0.5) is 0 Å². The van der Waals surface area contributed by atoms with E-state index in [1.54, 1.807) is 45.0 Å². The highest BCUT2D eigenvalue weighted by Crippen LogP contribution is 2.34. The molecule has 0 aliphatic carbocycles. The third-order valence-electron chi connectivity index (χ3n) is 19.6. The molecule has 0 unspecified atom stereocenters. The Morgan fingerprint density at radius 3 is 1.55 bits per heavy atom. The number of amides is 14. The van der Waals surface area contributed by atoms with Gasteiger partial charge in [0.15, 0.2) is 0 Å². The largest absolute Gasteiger partial charge is 0.481 e. The molecule has 14 amide bonds. The Morgan fingerprint density at radius 1 is 0.508 bits per heavy atom. The molecular formula is C76H116N16O26S2. The summed E-state index contributed by atoms with van der Waals surface area (Å²) in [4.78, 5) is 244. The number of nitrogens with two attached hydrogens (primary N) is 2. The molecular weight excluding hydrogens is 1620 g/mol. The third kappa shape index (κ3) is 37.4. The summed E-state index contributed by atoms with van der Waals surface area (Å²) in [7, 11) is 0. The van der Waals surface area contributed by atoms with E-state index in [-0.39, 0.29) is 185 Å². The first kappa shape index (κ1) is 101. The fourth-order valence-electron chi connectivity index (χ4n) is 13.3. The van der Waals surface area contributed by atoms with Gasteiger partial charge < -0.3 is 104 Å². The van der Waals surface area contributed by atoms with Crippen LogP contribution >= 0.6 is 23.5 Å². The second-order valence-corrected chi connectivity index (χ2v) is 31.2. The first-order valence-corrected chi connectivity index (χ1v) is 42.1. The second-order valence-electron chi connectivity index (χ2n) is 29.1. The number of carbonyl (C=O) groups is 18. The number of hydrogen-bond donors (Lipinski definition) is 16. The van der Waals surface area contributed by atoms with Gasteiger partial charge >= 0.3 is 23.9 Å². The first-order valence-electron chi connectivity index (χ1n) is 40.1. The van der Waals surface area contributed by atoms with Crippen molar-refractivity contribution in [2.75, 3.05) is 136 Å². The lowest BCUT2D eigenvalue weighted by Crippen LogP contribution is -2.58. The van der Waals surface area contributed by atoms with Crippen LogP contribution in [0.3, 0.4) is 0 Å². The average molecular weight is 1730 g/mol. The number of aliphatic carboxylic acids is 4. The van der Waals surface area contributed by atoms with Gasteiger partial charge in [0, 0.05) is 129 Å². The Morgan fingerprint density at radius 2 is 1.01 bits per heavy atom. The molecule has 4 aliphatic heterocycles. The molecule has 0 bridgehead atoms. The molecule has 4 aliphatic rings. The number of likely N-dealkylation sites (tertiary alicyclic amines) is 2. The summed E-state index contributed by atoms with van der Waals surface area (Å²) >= 11 is 1.22. The number of carbonyl (C=O) groups excluding carboxylic acids is 14. The van der Waals surface area contributed by atoms with Crippen LogP contribution in [0.1, 0.15) is 129 Å². The number of nitrogens with zero attached hydrogens (tertiary/aromatic N) is 5. The van der Waals surface area contributed by atoms with Gasteiger partial charge in [-0.2, -0.15) is 0 Å². The van der Waals surface area contributed by atoms with Crippen molar-refractivity contribution in [2.24, 2.45) is 11.5 Å². The number of benzene rings is 1. The monoisotopic (exact) mass is 1730 g/mol. The Hall–Kier alpha value is -9.96. The number of rotatable bonds is 57. The number of hydrogen-bond acceptors (Lipinski definition) is 27. The van der Waals surface area contributed by atoms with Crippen LogP contribution in [0.5, 0.6) is 0 Å². The number of carboxylic acids is 4. The smallest absolute Gasteiger partial charge is 0.320 e. The van der Waals surface area contributed by atoms with Gasteiger partial charge in [0.2, 0.25) is 70.9 Å². The molecule has 668 valence electrons. The van der Waals surface area contributed by atoms with E-state index in [9.17, 15) is 107 Å². The fourth-order valence-corrected chi connectivity index (χ4v) is 15.6. The molecule has 9 atom stereocenters. The normalized spacial score (nSPS) is 17.7. The number of imide groups is 1. The summed E-state index contributed by atoms with van der Waals surface area (Å²) in [6.45, 7) is 5.71. The molecule has 1 aromatic carbocycles. The van der Waals surface area contributed by atoms with Crippen LogP contribution in [0.25, 0.3) is 0 Å². The number of ether oxygens (including phenoxy) is 3. The molecule has 42 nitrogen and oxygen atoms in total. The van der Waals surface area contributed by atoms with Gasteiger partial charge in [-0.15, -0.1) is 23.5 Å². The second kappa shape index (κ2) is 54.3. The lowest BCUT2D eigenvalue weighted by atomic mass is 10.0. The summed E-state index contributed by atoms with van der Waals surface area (Å²) in [6, 6.07) is -2.51. The standard InChI is InChI=1S/C76H116N16O26S2/c1-3-4-14-49(82-60(97)22-21-59(96)80-25-11-36-117-38-40-118-39-37-116-35-10-24-79-58(95)20-18-56(76(114)115)90-33-31-88(43-63(101)102)29-30-89(32-34-90)44-64(103)104)69(107)86-53(74(112)92-28-9-16-55(92)75(113)91-27-8-15-54(91)67(78)105)46-120-66-65(72(110)87-73(66)111)119-45-52(68(106)81-26-23-62(99)100)85-71(109)51(42-48-12-6-5-7-13-48)84-70(108)50(17-19-57(77)94)83-61(98)41-47(2)93/h5-7,12-13,47,49-56,93H,3-4,8-11,14-46H2,1-2H3,(H2,77,94)(H2,78,105)(H,79,95)(H,80,96)(H,81,106)(H,82,97)(H,83,98)(H,84,108)(H,85,109)(H,86,107)(H,99,100)(H,101,102)(H,103,104)(H,114,115)(H,87,110,111)/t47-,49+,50+,51+,52+,53+,54+,55+,56-/m1/s1. The number of carboxylic acid groups (broad SMARTS) is 4. The Balaban J connectivity index is 1.15. The fraction of sp³-hybridized carbons (Fsp3) is 0.658. The van der Waals surface area contributed by atoms with Gasteiger partial charge in [-0.1, -0.05) is 50.1 Å². The first-order chi connectivity index (χ1) is 57.2. The molecule has 3 fully saturated rings. The minimum atomic E-state index is -1.67. The molecule has 1 aromatic rings. The molecule has 0 radical (unpaired) electrons. The van der Waals surface area contributed by atoms with E-state index in [1.165, 1.54) is 16.7 Å². The molecule has 0 saturated carbocycles. The molecule has 0 spiro atoms. The van der Waals surface area contributed by atoms with Gasteiger partial charge in [-0.05, 0) is 70.3 Å². The van der Waals surface area contributed by atoms with E-state index >= 15 is 4.79 Å². The highest BCUT2D eigenvalue weighted by atomic mass is 32.2. The van der Waals surface area contributed by atoms with Crippen molar-refractivity contribution in [1.29, 1.82) is 0 Å². The lowest BCUT2D eigenvalue weighted by Gasteiger charge is -2.33. The van der Waals surface area contributed by atoms with Crippen molar-refractivity contribution in [3.8, 4) is 0 Å². The highest BCUT2D eigenvalue weighted by molar-refractivity contribution is 8.08. The van der Waals surface area contributed by atoms with Crippen LogP contribution in [0, 0.1) is 0 Å². The van der Waals surface area contributed by atoms with E-state index < -0.39 is 186 Å². The van der Waals surface area contributed by atoms with E-state index in [4.69, 9.17) is 25.7 Å². The van der Waals surface area contributed by atoms with Gasteiger partial charge in [-0.25, -0.2) is 0 Å². The highest BCUT2D eigenvalue weighted by Gasteiger charge is 2.45. The van der Waals surface area contributed by atoms with Crippen molar-refractivity contribution in [2.45, 2.75) is 184 Å². The molecule has 0 aromatic heterocycles. The molecule has 5 rings (SSSR count). The zero-order valence-corrected chi connectivity index (χ0v) is 69.3. The van der Waals surface area contributed by atoms with Crippen LogP contribution < -0.4 is 59.3 Å². The molecule has 120 heavy (non-hydrogen) atoms. The Bertz CT molecular complexity index is 3690. The van der Waals surface area contributed by atoms with Crippen molar-refractivity contribution >= 4 is 130 Å². The van der Waals surface area contributed by atoms with Gasteiger partial charge in [0.1, 0.15) is 48.3 Å². The summed E-state index contributed by atoms with van der Waals surface area (Å²) in [5.74, 6) is -16.7. The Kier molecular flexibility index (Phi) is 45.6. The maximum absolute atomic E-state index is 15.1. The van der Waals surface area contributed by atoms with E-state index in [2.05, 4.69) is 47.9 Å². The minimum absolute atomic E-state index is 0.00331. The third-order valence-corrected chi connectivity index (χ3v) is 22.0. The van der Waals surface area contributed by atoms with Crippen LogP contribution in [0.15, 0.2) is 40.1 Å². The summed E-state index contributed by atoms with van der Waals surface area (Å²) in [5.41, 5.74) is 11.5. The zero-order valence-electron chi connectivity index (χ0n) is 67.7. The lowest BCUT2D eigenvalue weighted by molar-refractivity contribution is -0.147. The quantitative estimate of drug-likeness (QED) is 0.0216. The summed E-state index contributed by atoms with van der Waals surface area (Å²) in [5, 5.41) is 71.0. The number of thioether (sulfide) groups is 2. The number of unbranched alkanes of at least 4 members (excludes halogenated alkanes) is 1. The maximum atomic E-state index is 15.1. The van der Waals surface area contributed by atoms with Gasteiger partial charge in [0.25, 0.3) is 11.8 Å². The van der Waals surface area contributed by atoms with E-state index in [1.807, 2.05) is 6.92 Å². The summed E-state index contributed by atoms with van der Waals surface area (Å²) in [6.07, 6.45) is -0.804. The molecule has 3 saturated heterocycles. The van der Waals surface area contributed by atoms with Crippen LogP contribution in [-0.4, -0.2) is 347 Å². The van der Waals surface area contributed by atoms with Gasteiger partial charge in [-0.3, -0.25) is 106 Å². The SMILES string of the molecule is CCCC[C@H](NC(=O)CCC(=O)NCCCOCCOCCOCCCNC(=O)CC[C@H](C(=O)O)N1CCN(CC(=O)O)CCN(CC(=O)O)CC1)C(=O)N[C@@H](CSC1=C(SC[C@H](NC(=O)[C@H](Cc2ccccc2)NC(=O)[C@H](CCC(N)=O)NC(=O)C[C@@H](C)O)C(=O)NCCC(=O)O)C(=O)NC1=O)C(=O)N1CCC[C@H]1C(=O)N1CCC[C@H]1C(N)=O. The number of aliphatic hydroxyl groups excluding tert-OH is 1. The number of nitrogens with one attached hydrogen (secondary N) is 9. The summed E-state index contributed by atoms with van der Waals surface area (Å²) < 4.78 is 16.8. The predicted molar refractivity (Wildman–Crippen MR) is 430 cm³/mol. The molecule has 4 heterocycles. The number of primary amides is 2. The van der Waals surface area contributed by atoms with Crippen molar-refractivity contribution in [1.82, 2.24) is 72.4 Å².